The van der Waals surface area contributed by atoms with E-state index in [0.717, 1.165) is 12.6 Å². The van der Waals surface area contributed by atoms with E-state index in [1.54, 1.807) is 0 Å². The van der Waals surface area contributed by atoms with Crippen LogP contribution in [0.1, 0.15) is 12.0 Å². The molecule has 0 bridgehead atoms. The summed E-state index contributed by atoms with van der Waals surface area (Å²) in [7, 11) is -0.259. The molecule has 0 N–H and O–H groups in total. The number of hydrogen-bond acceptors (Lipinski definition) is 0. The SMILES string of the molecule is C1=CC(P(Cc2ccccc2)c2ccccc2)=CC1. The molecular weight excluding hydrogens is 247 g/mol. The monoisotopic (exact) mass is 264 g/mol. The summed E-state index contributed by atoms with van der Waals surface area (Å²) in [4.78, 5) is 0. The molecule has 3 rings (SSSR count). The third-order valence-electron chi connectivity index (χ3n) is 3.31. The summed E-state index contributed by atoms with van der Waals surface area (Å²) in [5.74, 6) is 0. The molecule has 0 heterocycles. The summed E-state index contributed by atoms with van der Waals surface area (Å²) in [6.45, 7) is 0. The second-order valence-electron chi connectivity index (χ2n) is 4.67. The van der Waals surface area contributed by atoms with Crippen LogP contribution in [0.4, 0.5) is 0 Å². The minimum absolute atomic E-state index is 0.259. The second-order valence-corrected chi connectivity index (χ2v) is 6.88. The molecule has 2 aromatic rings. The molecule has 1 aliphatic carbocycles. The van der Waals surface area contributed by atoms with Crippen LogP contribution in [-0.2, 0) is 6.16 Å². The lowest BCUT2D eigenvalue weighted by molar-refractivity contribution is 1.40. The van der Waals surface area contributed by atoms with Crippen molar-refractivity contribution in [1.82, 2.24) is 0 Å². The zero-order valence-electron chi connectivity index (χ0n) is 10.9. The van der Waals surface area contributed by atoms with E-state index >= 15 is 0 Å². The number of benzene rings is 2. The van der Waals surface area contributed by atoms with E-state index in [-0.39, 0.29) is 7.92 Å². The molecule has 19 heavy (non-hydrogen) atoms. The van der Waals surface area contributed by atoms with Crippen molar-refractivity contribution < 1.29 is 0 Å². The molecule has 2 aromatic carbocycles. The van der Waals surface area contributed by atoms with Crippen LogP contribution in [0.5, 0.6) is 0 Å². The largest absolute Gasteiger partial charge is 0.0801 e. The van der Waals surface area contributed by atoms with Crippen LogP contribution in [-0.4, -0.2) is 0 Å². The van der Waals surface area contributed by atoms with Gasteiger partial charge < -0.3 is 0 Å². The van der Waals surface area contributed by atoms with Gasteiger partial charge in [0.25, 0.3) is 0 Å². The van der Waals surface area contributed by atoms with Crippen molar-refractivity contribution in [1.29, 1.82) is 0 Å². The van der Waals surface area contributed by atoms with Gasteiger partial charge in [-0.05, 0) is 30.5 Å². The van der Waals surface area contributed by atoms with E-state index < -0.39 is 0 Å². The van der Waals surface area contributed by atoms with Gasteiger partial charge in [0.1, 0.15) is 0 Å². The molecule has 1 unspecified atom stereocenters. The summed E-state index contributed by atoms with van der Waals surface area (Å²) in [5, 5.41) is 2.99. The van der Waals surface area contributed by atoms with Gasteiger partial charge in [0, 0.05) is 6.16 Å². The van der Waals surface area contributed by atoms with Crippen LogP contribution >= 0.6 is 7.92 Å². The molecule has 94 valence electrons. The van der Waals surface area contributed by atoms with Crippen molar-refractivity contribution in [3.63, 3.8) is 0 Å². The maximum absolute atomic E-state index is 2.38. The van der Waals surface area contributed by atoms with Crippen LogP contribution in [0.3, 0.4) is 0 Å². The molecule has 0 spiro atoms. The number of allylic oxidation sites excluding steroid dienone is 4. The van der Waals surface area contributed by atoms with Crippen molar-refractivity contribution >= 4 is 13.2 Å². The van der Waals surface area contributed by atoms with Crippen molar-refractivity contribution in [3.8, 4) is 0 Å². The lowest BCUT2D eigenvalue weighted by Crippen LogP contribution is -2.02. The molecule has 0 fully saturated rings. The van der Waals surface area contributed by atoms with Gasteiger partial charge in [-0.25, -0.2) is 0 Å². The Morgan fingerprint density at radius 2 is 1.53 bits per heavy atom. The molecule has 0 aliphatic heterocycles. The minimum atomic E-state index is -0.259. The fourth-order valence-electron chi connectivity index (χ4n) is 2.35. The normalized spacial score (nSPS) is 15.3. The summed E-state index contributed by atoms with van der Waals surface area (Å²) in [6.07, 6.45) is 9.17. The fraction of sp³-hybridized carbons (Fsp3) is 0.111. The first kappa shape index (κ1) is 12.4. The van der Waals surface area contributed by atoms with E-state index in [9.17, 15) is 0 Å². The Morgan fingerprint density at radius 1 is 0.842 bits per heavy atom. The zero-order valence-corrected chi connectivity index (χ0v) is 11.8. The molecule has 0 amide bonds. The Labute approximate surface area is 116 Å². The van der Waals surface area contributed by atoms with Crippen LogP contribution < -0.4 is 5.30 Å². The Bertz CT molecular complexity index is 582. The first-order chi connectivity index (χ1) is 9.43. The van der Waals surface area contributed by atoms with Gasteiger partial charge >= 0.3 is 0 Å². The van der Waals surface area contributed by atoms with Crippen molar-refractivity contribution in [2.24, 2.45) is 0 Å². The average molecular weight is 264 g/mol. The van der Waals surface area contributed by atoms with E-state index in [1.807, 2.05) is 0 Å². The molecule has 0 nitrogen and oxygen atoms in total. The van der Waals surface area contributed by atoms with Gasteiger partial charge in [-0.1, -0.05) is 78.9 Å². The predicted molar refractivity (Wildman–Crippen MR) is 85.0 cm³/mol. The van der Waals surface area contributed by atoms with Crippen LogP contribution in [0, 0.1) is 0 Å². The van der Waals surface area contributed by atoms with Gasteiger partial charge in [0.15, 0.2) is 0 Å². The lowest BCUT2D eigenvalue weighted by atomic mass is 10.2. The Balaban J connectivity index is 1.91. The number of hydrogen-bond donors (Lipinski definition) is 0. The summed E-state index contributed by atoms with van der Waals surface area (Å²) < 4.78 is 0. The lowest BCUT2D eigenvalue weighted by Gasteiger charge is -2.18. The molecule has 1 heteroatoms. The zero-order chi connectivity index (χ0) is 12.9. The Morgan fingerprint density at radius 3 is 2.16 bits per heavy atom. The third-order valence-corrected chi connectivity index (χ3v) is 5.87. The van der Waals surface area contributed by atoms with Crippen molar-refractivity contribution in [2.75, 3.05) is 0 Å². The highest BCUT2D eigenvalue weighted by Crippen LogP contribution is 2.49. The second kappa shape index (κ2) is 5.99. The minimum Gasteiger partial charge on any atom is -0.0801 e. The van der Waals surface area contributed by atoms with Gasteiger partial charge in [-0.15, -0.1) is 0 Å². The quantitative estimate of drug-likeness (QED) is 0.693. The highest BCUT2D eigenvalue weighted by Gasteiger charge is 2.16. The standard InChI is InChI=1S/C18H17P/c1-3-9-16(10-4-1)15-19(18-13-7-8-14-18)17-11-5-2-6-12-17/h1-7,9-14H,8,15H2. The summed E-state index contributed by atoms with van der Waals surface area (Å²) in [6, 6.07) is 21.7. The van der Waals surface area contributed by atoms with Gasteiger partial charge in [0.05, 0.1) is 0 Å². The molecular formula is C18H17P. The topological polar surface area (TPSA) is 0 Å². The molecule has 1 aliphatic rings. The molecule has 0 radical (unpaired) electrons. The summed E-state index contributed by atoms with van der Waals surface area (Å²) in [5.41, 5.74) is 1.43. The smallest absolute Gasteiger partial charge is 0.000732 e. The third kappa shape index (κ3) is 3.03. The molecule has 1 atom stereocenters. The van der Waals surface area contributed by atoms with Gasteiger partial charge in [-0.3, -0.25) is 0 Å². The number of rotatable bonds is 4. The highest BCUT2D eigenvalue weighted by molar-refractivity contribution is 7.69. The fourth-order valence-corrected chi connectivity index (χ4v) is 4.73. The van der Waals surface area contributed by atoms with Crippen LogP contribution in [0.25, 0.3) is 0 Å². The molecule has 0 aromatic heterocycles. The first-order valence-corrected chi connectivity index (χ1v) is 8.19. The van der Waals surface area contributed by atoms with Crippen LogP contribution in [0.15, 0.2) is 84.2 Å². The van der Waals surface area contributed by atoms with E-state index in [2.05, 4.69) is 78.9 Å². The first-order valence-electron chi connectivity index (χ1n) is 6.67. The van der Waals surface area contributed by atoms with E-state index in [4.69, 9.17) is 0 Å². The average Bonchev–Trinajstić information content (AvgIpc) is 3.01. The van der Waals surface area contributed by atoms with E-state index in [1.165, 1.54) is 16.2 Å². The highest BCUT2D eigenvalue weighted by atomic mass is 31.1. The predicted octanol–water partition coefficient (Wildman–Crippen LogP) is 4.84. The Kier molecular flexibility index (Phi) is 3.91. The van der Waals surface area contributed by atoms with Crippen molar-refractivity contribution in [2.45, 2.75) is 12.6 Å². The van der Waals surface area contributed by atoms with Gasteiger partial charge in [-0.2, -0.15) is 0 Å². The molecule has 0 saturated heterocycles. The van der Waals surface area contributed by atoms with Crippen LogP contribution in [0.2, 0.25) is 0 Å². The van der Waals surface area contributed by atoms with Gasteiger partial charge in [0.2, 0.25) is 0 Å². The maximum Gasteiger partial charge on any atom is 0.000732 e. The Hall–Kier alpha value is -1.65. The molecule has 0 saturated carbocycles. The van der Waals surface area contributed by atoms with E-state index in [0.29, 0.717) is 0 Å². The maximum atomic E-state index is 2.38. The summed E-state index contributed by atoms with van der Waals surface area (Å²) >= 11 is 0. The van der Waals surface area contributed by atoms with Crippen molar-refractivity contribution in [3.05, 3.63) is 89.8 Å².